The van der Waals surface area contributed by atoms with Gasteiger partial charge >= 0.3 is 0 Å². The summed E-state index contributed by atoms with van der Waals surface area (Å²) in [6, 6.07) is 3.96. The molecule has 0 unspecified atom stereocenters. The molecule has 1 aliphatic heterocycles. The molecule has 0 atom stereocenters. The molecule has 76 valence electrons. The van der Waals surface area contributed by atoms with Crippen LogP contribution >= 0.6 is 23.4 Å². The van der Waals surface area contributed by atoms with Crippen LogP contribution in [0.2, 0.25) is 5.15 Å². The number of pyridine rings is 1. The molecule has 0 aromatic carbocycles. The van der Waals surface area contributed by atoms with Gasteiger partial charge in [0.1, 0.15) is 5.15 Å². The largest absolute Gasteiger partial charge is 0.316 e. The fraction of sp³-hybridized carbons (Fsp3) is 0.500. The van der Waals surface area contributed by atoms with Crippen molar-refractivity contribution in [1.82, 2.24) is 10.3 Å². The van der Waals surface area contributed by atoms with Crippen molar-refractivity contribution in [2.75, 3.05) is 18.8 Å². The van der Waals surface area contributed by atoms with E-state index in [0.29, 0.717) is 5.15 Å². The monoisotopic (exact) mass is 228 g/mol. The van der Waals surface area contributed by atoms with E-state index in [0.717, 1.165) is 11.7 Å². The number of halogens is 1. The van der Waals surface area contributed by atoms with Crippen molar-refractivity contribution < 1.29 is 0 Å². The summed E-state index contributed by atoms with van der Waals surface area (Å²) in [4.78, 5) is 3.96. The molecule has 0 aliphatic carbocycles. The van der Waals surface area contributed by atoms with E-state index in [1.807, 2.05) is 23.9 Å². The van der Waals surface area contributed by atoms with Crippen molar-refractivity contribution in [3.8, 4) is 0 Å². The molecular formula is C10H13ClN2S. The van der Waals surface area contributed by atoms with Crippen LogP contribution in [0.15, 0.2) is 18.3 Å². The lowest BCUT2D eigenvalue weighted by molar-refractivity contribution is 0.385. The second-order valence-corrected chi connectivity index (χ2v) is 4.94. The highest BCUT2D eigenvalue weighted by molar-refractivity contribution is 7.98. The van der Waals surface area contributed by atoms with Gasteiger partial charge in [0, 0.05) is 11.9 Å². The van der Waals surface area contributed by atoms with Gasteiger partial charge in [0.2, 0.25) is 0 Å². The van der Waals surface area contributed by atoms with Crippen LogP contribution in [0.1, 0.15) is 5.56 Å². The minimum atomic E-state index is 0.591. The van der Waals surface area contributed by atoms with Gasteiger partial charge in [0.25, 0.3) is 0 Å². The van der Waals surface area contributed by atoms with E-state index in [9.17, 15) is 0 Å². The molecule has 0 bridgehead atoms. The van der Waals surface area contributed by atoms with Crippen LogP contribution in [0, 0.1) is 5.92 Å². The number of aromatic nitrogens is 1. The summed E-state index contributed by atoms with van der Waals surface area (Å²) in [5, 5.41) is 3.87. The molecule has 0 spiro atoms. The molecular weight excluding hydrogens is 216 g/mol. The van der Waals surface area contributed by atoms with Gasteiger partial charge in [0.15, 0.2) is 0 Å². The first-order valence-corrected chi connectivity index (χ1v) is 6.27. The Kier molecular flexibility index (Phi) is 3.67. The lowest BCUT2D eigenvalue weighted by atomic mass is 10.1. The summed E-state index contributed by atoms with van der Waals surface area (Å²) < 4.78 is 0. The molecule has 14 heavy (non-hydrogen) atoms. The Labute approximate surface area is 93.4 Å². The number of rotatable bonds is 4. The van der Waals surface area contributed by atoms with Crippen molar-refractivity contribution in [3.05, 3.63) is 29.0 Å². The summed E-state index contributed by atoms with van der Waals surface area (Å²) >= 11 is 7.77. The Morgan fingerprint density at radius 1 is 1.57 bits per heavy atom. The van der Waals surface area contributed by atoms with E-state index < -0.39 is 0 Å². The third kappa shape index (κ3) is 2.87. The van der Waals surface area contributed by atoms with Crippen molar-refractivity contribution in [2.45, 2.75) is 5.75 Å². The van der Waals surface area contributed by atoms with E-state index in [4.69, 9.17) is 11.6 Å². The molecule has 1 aromatic heterocycles. The van der Waals surface area contributed by atoms with Gasteiger partial charge in [-0.2, -0.15) is 11.8 Å². The Hall–Kier alpha value is -0.250. The summed E-state index contributed by atoms with van der Waals surface area (Å²) in [5.74, 6) is 3.16. The molecule has 1 aliphatic rings. The second kappa shape index (κ2) is 5.01. The number of hydrogen-bond donors (Lipinski definition) is 1. The normalized spacial score (nSPS) is 16.6. The van der Waals surface area contributed by atoms with Gasteiger partial charge in [-0.1, -0.05) is 11.6 Å². The van der Waals surface area contributed by atoms with Gasteiger partial charge in [-0.15, -0.1) is 0 Å². The zero-order valence-corrected chi connectivity index (χ0v) is 9.44. The lowest BCUT2D eigenvalue weighted by Crippen LogP contribution is -2.43. The summed E-state index contributed by atoms with van der Waals surface area (Å²) in [6.07, 6.45) is 1.77. The smallest absolute Gasteiger partial charge is 0.129 e. The first-order chi connectivity index (χ1) is 6.84. The van der Waals surface area contributed by atoms with Crippen LogP contribution in [0.3, 0.4) is 0 Å². The minimum absolute atomic E-state index is 0.591. The van der Waals surface area contributed by atoms with Crippen LogP contribution in [0.4, 0.5) is 0 Å². The maximum absolute atomic E-state index is 5.79. The Balaban J connectivity index is 1.74. The fourth-order valence-corrected chi connectivity index (χ4v) is 2.64. The highest BCUT2D eigenvalue weighted by Gasteiger charge is 2.15. The Morgan fingerprint density at radius 3 is 3.07 bits per heavy atom. The molecule has 0 radical (unpaired) electrons. The highest BCUT2D eigenvalue weighted by atomic mass is 35.5. The highest BCUT2D eigenvalue weighted by Crippen LogP contribution is 2.18. The SMILES string of the molecule is Clc1cc(CSCC2CNC2)ccn1. The van der Waals surface area contributed by atoms with Gasteiger partial charge in [-0.05, 0) is 42.5 Å². The molecule has 0 amide bonds. The van der Waals surface area contributed by atoms with Gasteiger partial charge in [-0.25, -0.2) is 4.98 Å². The van der Waals surface area contributed by atoms with E-state index in [-0.39, 0.29) is 0 Å². The number of nitrogens with one attached hydrogen (secondary N) is 1. The van der Waals surface area contributed by atoms with E-state index in [1.165, 1.54) is 24.4 Å². The zero-order chi connectivity index (χ0) is 9.80. The zero-order valence-electron chi connectivity index (χ0n) is 7.87. The van der Waals surface area contributed by atoms with Gasteiger partial charge in [0.05, 0.1) is 0 Å². The topological polar surface area (TPSA) is 24.9 Å². The molecule has 2 nitrogen and oxygen atoms in total. The maximum atomic E-state index is 5.79. The van der Waals surface area contributed by atoms with Crippen LogP contribution in [-0.4, -0.2) is 23.8 Å². The van der Waals surface area contributed by atoms with E-state index >= 15 is 0 Å². The quantitative estimate of drug-likeness (QED) is 0.800. The number of hydrogen-bond acceptors (Lipinski definition) is 3. The van der Waals surface area contributed by atoms with Crippen molar-refractivity contribution in [1.29, 1.82) is 0 Å². The second-order valence-electron chi connectivity index (χ2n) is 3.53. The molecule has 1 N–H and O–H groups in total. The third-order valence-corrected chi connectivity index (χ3v) is 3.73. The van der Waals surface area contributed by atoms with Gasteiger partial charge in [-0.3, -0.25) is 0 Å². The molecule has 2 rings (SSSR count). The average Bonchev–Trinajstić information content (AvgIpc) is 2.09. The molecule has 4 heteroatoms. The summed E-state index contributed by atoms with van der Waals surface area (Å²) in [5.41, 5.74) is 1.27. The predicted octanol–water partition coefficient (Wildman–Crippen LogP) is 2.19. The molecule has 1 saturated heterocycles. The number of nitrogens with zero attached hydrogens (tertiary/aromatic N) is 1. The first kappa shape index (κ1) is 10.3. The van der Waals surface area contributed by atoms with Gasteiger partial charge < -0.3 is 5.32 Å². The molecule has 1 aromatic rings. The van der Waals surface area contributed by atoms with Crippen LogP contribution in [-0.2, 0) is 5.75 Å². The van der Waals surface area contributed by atoms with Crippen LogP contribution in [0.25, 0.3) is 0 Å². The van der Waals surface area contributed by atoms with Crippen molar-refractivity contribution in [2.24, 2.45) is 5.92 Å². The van der Waals surface area contributed by atoms with Crippen LogP contribution in [0.5, 0.6) is 0 Å². The molecule has 0 saturated carbocycles. The minimum Gasteiger partial charge on any atom is -0.316 e. The van der Waals surface area contributed by atoms with Crippen LogP contribution < -0.4 is 5.32 Å². The summed E-state index contributed by atoms with van der Waals surface area (Å²) in [6.45, 7) is 2.37. The predicted molar refractivity (Wildman–Crippen MR) is 61.8 cm³/mol. The molecule has 1 fully saturated rings. The first-order valence-electron chi connectivity index (χ1n) is 4.73. The average molecular weight is 229 g/mol. The van der Waals surface area contributed by atoms with Crippen molar-refractivity contribution in [3.63, 3.8) is 0 Å². The summed E-state index contributed by atoms with van der Waals surface area (Å²) in [7, 11) is 0. The maximum Gasteiger partial charge on any atom is 0.129 e. The standard InChI is InChI=1S/C10H13ClN2S/c11-10-3-8(1-2-13-10)6-14-7-9-4-12-5-9/h1-3,9,12H,4-7H2. The Morgan fingerprint density at radius 2 is 2.43 bits per heavy atom. The lowest BCUT2D eigenvalue weighted by Gasteiger charge is -2.26. The fourth-order valence-electron chi connectivity index (χ4n) is 1.34. The van der Waals surface area contributed by atoms with E-state index in [1.54, 1.807) is 6.20 Å². The molecule has 2 heterocycles. The third-order valence-electron chi connectivity index (χ3n) is 2.28. The number of thioether (sulfide) groups is 1. The van der Waals surface area contributed by atoms with E-state index in [2.05, 4.69) is 10.3 Å². The van der Waals surface area contributed by atoms with Crippen molar-refractivity contribution >= 4 is 23.4 Å². The Bertz CT molecular complexity index is 302.